The standard InChI is InChI=1S/C13H17BrO2/c1-3-16-13(15)12-7-10-6-11(12)5-9(10)4-8(2)14/h5,10-12H,2-4,6-7H2,1H3/t10-,11+,12-/m1/s1. The van der Waals surface area contributed by atoms with Crippen molar-refractivity contribution in [2.45, 2.75) is 26.2 Å². The molecule has 0 saturated heterocycles. The van der Waals surface area contributed by atoms with E-state index in [1.165, 1.54) is 5.57 Å². The molecule has 0 aliphatic heterocycles. The predicted molar refractivity (Wildman–Crippen MR) is 67.1 cm³/mol. The third-order valence-electron chi connectivity index (χ3n) is 3.55. The van der Waals surface area contributed by atoms with Crippen LogP contribution < -0.4 is 0 Å². The van der Waals surface area contributed by atoms with Gasteiger partial charge in [-0.3, -0.25) is 4.79 Å². The number of carbonyl (C=O) groups is 1. The van der Waals surface area contributed by atoms with Gasteiger partial charge in [-0.25, -0.2) is 0 Å². The first kappa shape index (κ1) is 11.9. The van der Waals surface area contributed by atoms with Crippen LogP contribution in [0.3, 0.4) is 0 Å². The quantitative estimate of drug-likeness (QED) is 0.584. The monoisotopic (exact) mass is 284 g/mol. The van der Waals surface area contributed by atoms with Gasteiger partial charge in [0.1, 0.15) is 0 Å². The molecule has 16 heavy (non-hydrogen) atoms. The molecule has 0 radical (unpaired) electrons. The Morgan fingerprint density at radius 1 is 1.62 bits per heavy atom. The lowest BCUT2D eigenvalue weighted by atomic mass is 9.88. The molecule has 0 aromatic rings. The Kier molecular flexibility index (Phi) is 3.53. The van der Waals surface area contributed by atoms with Crippen molar-refractivity contribution in [2.24, 2.45) is 17.8 Å². The Labute approximate surface area is 105 Å². The molecule has 3 atom stereocenters. The fraction of sp³-hybridized carbons (Fsp3) is 0.615. The lowest BCUT2D eigenvalue weighted by molar-refractivity contribution is -0.148. The lowest BCUT2D eigenvalue weighted by Crippen LogP contribution is -2.22. The van der Waals surface area contributed by atoms with Gasteiger partial charge < -0.3 is 4.74 Å². The van der Waals surface area contributed by atoms with E-state index in [-0.39, 0.29) is 11.9 Å². The van der Waals surface area contributed by atoms with Crippen molar-refractivity contribution in [2.75, 3.05) is 6.61 Å². The van der Waals surface area contributed by atoms with Crippen LogP contribution in [0.15, 0.2) is 22.7 Å². The van der Waals surface area contributed by atoms with Gasteiger partial charge in [0.25, 0.3) is 0 Å². The largest absolute Gasteiger partial charge is 0.466 e. The van der Waals surface area contributed by atoms with Crippen LogP contribution in [0.4, 0.5) is 0 Å². The maximum absolute atomic E-state index is 11.7. The molecule has 2 aliphatic carbocycles. The van der Waals surface area contributed by atoms with Crippen LogP contribution >= 0.6 is 15.9 Å². The normalized spacial score (nSPS) is 31.4. The number of allylic oxidation sites excluding steroid dienone is 3. The Bertz CT molecular complexity index is 346. The minimum Gasteiger partial charge on any atom is -0.466 e. The Hall–Kier alpha value is -0.570. The van der Waals surface area contributed by atoms with Crippen molar-refractivity contribution in [3.8, 4) is 0 Å². The van der Waals surface area contributed by atoms with Crippen LogP contribution in [0.1, 0.15) is 26.2 Å². The molecule has 0 amide bonds. The average molecular weight is 285 g/mol. The van der Waals surface area contributed by atoms with E-state index >= 15 is 0 Å². The van der Waals surface area contributed by atoms with Crippen molar-refractivity contribution in [3.63, 3.8) is 0 Å². The third kappa shape index (κ3) is 2.24. The number of hydrogen-bond acceptors (Lipinski definition) is 2. The first-order chi connectivity index (χ1) is 7.61. The summed E-state index contributed by atoms with van der Waals surface area (Å²) in [6.07, 6.45) is 5.29. The van der Waals surface area contributed by atoms with Crippen LogP contribution in [0, 0.1) is 17.8 Å². The first-order valence-electron chi connectivity index (χ1n) is 5.82. The van der Waals surface area contributed by atoms with E-state index in [0.717, 1.165) is 23.7 Å². The number of rotatable bonds is 4. The molecule has 0 unspecified atom stereocenters. The summed E-state index contributed by atoms with van der Waals surface area (Å²) in [4.78, 5) is 11.7. The number of esters is 1. The number of carbonyl (C=O) groups excluding carboxylic acids is 1. The van der Waals surface area contributed by atoms with Crippen LogP contribution in [0.25, 0.3) is 0 Å². The Morgan fingerprint density at radius 3 is 2.88 bits per heavy atom. The first-order valence-corrected chi connectivity index (χ1v) is 6.61. The highest BCUT2D eigenvalue weighted by atomic mass is 79.9. The molecule has 1 fully saturated rings. The highest BCUT2D eigenvalue weighted by molar-refractivity contribution is 9.11. The summed E-state index contributed by atoms with van der Waals surface area (Å²) in [5.41, 5.74) is 1.45. The van der Waals surface area contributed by atoms with Crippen molar-refractivity contribution in [1.82, 2.24) is 0 Å². The van der Waals surface area contributed by atoms with Crippen LogP contribution in [-0.2, 0) is 9.53 Å². The molecule has 0 aromatic heterocycles. The molecular formula is C13H17BrO2. The summed E-state index contributed by atoms with van der Waals surface area (Å²) in [5, 5.41) is 0. The van der Waals surface area contributed by atoms with Gasteiger partial charge in [0.15, 0.2) is 0 Å². The van der Waals surface area contributed by atoms with Crippen molar-refractivity contribution >= 4 is 21.9 Å². The summed E-state index contributed by atoms with van der Waals surface area (Å²) in [6.45, 7) is 6.22. The van der Waals surface area contributed by atoms with E-state index < -0.39 is 0 Å². The zero-order valence-electron chi connectivity index (χ0n) is 9.54. The fourth-order valence-corrected chi connectivity index (χ4v) is 3.24. The molecular weight excluding hydrogens is 268 g/mol. The molecule has 1 saturated carbocycles. The fourth-order valence-electron chi connectivity index (χ4n) is 2.91. The van der Waals surface area contributed by atoms with Crippen molar-refractivity contribution < 1.29 is 9.53 Å². The smallest absolute Gasteiger partial charge is 0.309 e. The van der Waals surface area contributed by atoms with E-state index in [1.807, 2.05) is 6.92 Å². The second kappa shape index (κ2) is 4.74. The number of hydrogen-bond donors (Lipinski definition) is 0. The summed E-state index contributed by atoms with van der Waals surface area (Å²) < 4.78 is 6.13. The molecule has 0 aromatic carbocycles. The summed E-state index contributed by atoms with van der Waals surface area (Å²) in [7, 11) is 0. The third-order valence-corrected chi connectivity index (χ3v) is 3.83. The summed E-state index contributed by atoms with van der Waals surface area (Å²) in [5.74, 6) is 1.08. The van der Waals surface area contributed by atoms with Gasteiger partial charge in [0.05, 0.1) is 12.5 Å². The van der Waals surface area contributed by atoms with E-state index in [9.17, 15) is 4.79 Å². The molecule has 0 N–H and O–H groups in total. The maximum atomic E-state index is 11.7. The summed E-state index contributed by atoms with van der Waals surface area (Å²) in [6, 6.07) is 0. The molecule has 3 heteroatoms. The topological polar surface area (TPSA) is 26.3 Å². The van der Waals surface area contributed by atoms with E-state index in [4.69, 9.17) is 4.74 Å². The highest BCUT2D eigenvalue weighted by Gasteiger charge is 2.44. The SMILES string of the molecule is C=C(Br)CC1=C[C@H]2C[C@@H]1C[C@H]2C(=O)OCC. The molecule has 0 heterocycles. The number of halogens is 1. The average Bonchev–Trinajstić information content (AvgIpc) is 2.75. The van der Waals surface area contributed by atoms with E-state index in [1.54, 1.807) is 0 Å². The minimum atomic E-state index is -0.0111. The predicted octanol–water partition coefficient (Wildman–Crippen LogP) is 3.43. The second-order valence-corrected chi connectivity index (χ2v) is 5.75. The summed E-state index contributed by atoms with van der Waals surface area (Å²) >= 11 is 3.40. The zero-order valence-corrected chi connectivity index (χ0v) is 11.1. The number of ether oxygens (including phenoxy) is 1. The van der Waals surface area contributed by atoms with Gasteiger partial charge in [-0.15, -0.1) is 0 Å². The second-order valence-electron chi connectivity index (χ2n) is 4.63. The van der Waals surface area contributed by atoms with Gasteiger partial charge in [-0.1, -0.05) is 34.2 Å². The molecule has 2 bridgehead atoms. The Morgan fingerprint density at radius 2 is 2.38 bits per heavy atom. The molecule has 2 rings (SSSR count). The van der Waals surface area contributed by atoms with Crippen molar-refractivity contribution in [3.05, 3.63) is 22.7 Å². The van der Waals surface area contributed by atoms with E-state index in [2.05, 4.69) is 28.6 Å². The van der Waals surface area contributed by atoms with Gasteiger partial charge in [-0.2, -0.15) is 0 Å². The van der Waals surface area contributed by atoms with Crippen LogP contribution in [0.5, 0.6) is 0 Å². The van der Waals surface area contributed by atoms with Gasteiger partial charge in [0, 0.05) is 0 Å². The van der Waals surface area contributed by atoms with Gasteiger partial charge >= 0.3 is 5.97 Å². The zero-order chi connectivity index (χ0) is 11.7. The highest BCUT2D eigenvalue weighted by Crippen LogP contribution is 2.49. The minimum absolute atomic E-state index is 0.0111. The maximum Gasteiger partial charge on any atom is 0.309 e. The Balaban J connectivity index is 2.00. The molecule has 2 nitrogen and oxygen atoms in total. The lowest BCUT2D eigenvalue weighted by Gasteiger charge is -2.19. The molecule has 2 aliphatic rings. The van der Waals surface area contributed by atoms with Gasteiger partial charge in [0.2, 0.25) is 0 Å². The molecule has 88 valence electrons. The van der Waals surface area contributed by atoms with Crippen LogP contribution in [-0.4, -0.2) is 12.6 Å². The molecule has 0 spiro atoms. The number of fused-ring (bicyclic) bond motifs is 2. The van der Waals surface area contributed by atoms with Crippen LogP contribution in [0.2, 0.25) is 0 Å². The van der Waals surface area contributed by atoms with Crippen molar-refractivity contribution in [1.29, 1.82) is 0 Å². The van der Waals surface area contributed by atoms with Gasteiger partial charge in [-0.05, 0) is 42.5 Å². The van der Waals surface area contributed by atoms with E-state index in [0.29, 0.717) is 18.4 Å².